The molecule has 0 unspecified atom stereocenters. The van der Waals surface area contributed by atoms with Gasteiger partial charge in [0, 0.05) is 10.6 Å². The number of benzene rings is 1. The SMILES string of the molecule is NC(=O)Cc1nc(-c2ccc(Cl)cc2)no1. The van der Waals surface area contributed by atoms with Crippen molar-refractivity contribution in [1.29, 1.82) is 0 Å². The second-order valence-electron chi connectivity index (χ2n) is 3.16. The Morgan fingerprint density at radius 3 is 2.69 bits per heavy atom. The van der Waals surface area contributed by atoms with Crippen molar-refractivity contribution in [2.45, 2.75) is 6.42 Å². The Bertz CT molecular complexity index is 507. The first kappa shape index (κ1) is 10.6. The first-order chi connectivity index (χ1) is 7.65. The lowest BCUT2D eigenvalue weighted by atomic mass is 10.2. The molecule has 82 valence electrons. The van der Waals surface area contributed by atoms with Crippen LogP contribution >= 0.6 is 11.6 Å². The van der Waals surface area contributed by atoms with E-state index in [-0.39, 0.29) is 12.3 Å². The number of halogens is 1. The first-order valence-corrected chi connectivity index (χ1v) is 4.90. The Balaban J connectivity index is 2.24. The van der Waals surface area contributed by atoms with Crippen molar-refractivity contribution in [2.75, 3.05) is 0 Å². The zero-order valence-electron chi connectivity index (χ0n) is 8.18. The Hall–Kier alpha value is -1.88. The van der Waals surface area contributed by atoms with E-state index in [9.17, 15) is 4.79 Å². The third-order valence-electron chi connectivity index (χ3n) is 1.90. The summed E-state index contributed by atoms with van der Waals surface area (Å²) in [7, 11) is 0. The third kappa shape index (κ3) is 2.38. The Morgan fingerprint density at radius 2 is 2.06 bits per heavy atom. The van der Waals surface area contributed by atoms with Crippen molar-refractivity contribution >= 4 is 17.5 Å². The lowest BCUT2D eigenvalue weighted by Crippen LogP contribution is -2.13. The lowest BCUT2D eigenvalue weighted by Gasteiger charge is -1.93. The highest BCUT2D eigenvalue weighted by atomic mass is 35.5. The standard InChI is InChI=1S/C10H8ClN3O2/c11-7-3-1-6(2-4-7)10-13-9(16-14-10)5-8(12)15/h1-4H,5H2,(H2,12,15). The van der Waals surface area contributed by atoms with Gasteiger partial charge in [0.2, 0.25) is 17.6 Å². The minimum Gasteiger partial charge on any atom is -0.369 e. The van der Waals surface area contributed by atoms with Gasteiger partial charge < -0.3 is 10.3 Å². The molecule has 1 amide bonds. The largest absolute Gasteiger partial charge is 0.369 e. The minimum absolute atomic E-state index is 0.0550. The molecule has 2 rings (SSSR count). The second-order valence-corrected chi connectivity index (χ2v) is 3.60. The number of nitrogens with two attached hydrogens (primary N) is 1. The molecule has 1 aromatic carbocycles. The van der Waals surface area contributed by atoms with Gasteiger partial charge in [-0.2, -0.15) is 4.98 Å². The number of carbonyl (C=O) groups excluding carboxylic acids is 1. The molecule has 0 aliphatic heterocycles. The zero-order chi connectivity index (χ0) is 11.5. The van der Waals surface area contributed by atoms with E-state index in [4.69, 9.17) is 21.9 Å². The topological polar surface area (TPSA) is 82.0 Å². The molecule has 0 atom stereocenters. The maximum Gasteiger partial charge on any atom is 0.236 e. The fourth-order valence-corrected chi connectivity index (χ4v) is 1.32. The molecule has 1 aromatic heterocycles. The summed E-state index contributed by atoms with van der Waals surface area (Å²) in [6, 6.07) is 6.98. The summed E-state index contributed by atoms with van der Waals surface area (Å²) < 4.78 is 4.87. The average Bonchev–Trinajstić information content (AvgIpc) is 2.66. The molecule has 2 N–H and O–H groups in total. The van der Waals surface area contributed by atoms with Gasteiger partial charge >= 0.3 is 0 Å². The van der Waals surface area contributed by atoms with Crippen molar-refractivity contribution < 1.29 is 9.32 Å². The Labute approximate surface area is 96.2 Å². The van der Waals surface area contributed by atoms with Crippen molar-refractivity contribution in [3.63, 3.8) is 0 Å². The van der Waals surface area contributed by atoms with Gasteiger partial charge in [0.15, 0.2) is 0 Å². The van der Waals surface area contributed by atoms with Crippen LogP contribution in [0.15, 0.2) is 28.8 Å². The van der Waals surface area contributed by atoms with Gasteiger partial charge in [0.25, 0.3) is 0 Å². The zero-order valence-corrected chi connectivity index (χ0v) is 8.94. The van der Waals surface area contributed by atoms with Gasteiger partial charge in [0.05, 0.1) is 0 Å². The van der Waals surface area contributed by atoms with Gasteiger partial charge in [-0.1, -0.05) is 16.8 Å². The van der Waals surface area contributed by atoms with Gasteiger partial charge in [-0.15, -0.1) is 0 Å². The van der Waals surface area contributed by atoms with E-state index in [1.807, 2.05) is 0 Å². The minimum atomic E-state index is -0.508. The van der Waals surface area contributed by atoms with Crippen molar-refractivity contribution in [1.82, 2.24) is 10.1 Å². The molecule has 0 fully saturated rings. The van der Waals surface area contributed by atoms with Crippen LogP contribution in [0.2, 0.25) is 5.02 Å². The number of aromatic nitrogens is 2. The van der Waals surface area contributed by atoms with Crippen LogP contribution in [0, 0.1) is 0 Å². The molecule has 2 aromatic rings. The highest BCUT2D eigenvalue weighted by molar-refractivity contribution is 6.30. The van der Waals surface area contributed by atoms with Crippen LogP contribution in [0.5, 0.6) is 0 Å². The number of amides is 1. The average molecular weight is 238 g/mol. The van der Waals surface area contributed by atoms with E-state index in [0.717, 1.165) is 5.56 Å². The molecule has 0 spiro atoms. The van der Waals surface area contributed by atoms with E-state index < -0.39 is 5.91 Å². The van der Waals surface area contributed by atoms with E-state index >= 15 is 0 Å². The molecule has 16 heavy (non-hydrogen) atoms. The predicted molar refractivity (Wildman–Crippen MR) is 57.6 cm³/mol. The molecule has 6 heteroatoms. The molecule has 0 aliphatic rings. The maximum atomic E-state index is 10.6. The van der Waals surface area contributed by atoms with E-state index in [1.54, 1.807) is 24.3 Å². The summed E-state index contributed by atoms with van der Waals surface area (Å²) in [5, 5.41) is 4.36. The maximum absolute atomic E-state index is 10.6. The summed E-state index contributed by atoms with van der Waals surface area (Å²) >= 11 is 5.75. The quantitative estimate of drug-likeness (QED) is 0.875. The first-order valence-electron chi connectivity index (χ1n) is 4.52. The molecule has 0 saturated heterocycles. The highest BCUT2D eigenvalue weighted by Gasteiger charge is 2.10. The summed E-state index contributed by atoms with van der Waals surface area (Å²) in [6.07, 6.45) is -0.0550. The van der Waals surface area contributed by atoms with Crippen molar-refractivity contribution in [3.8, 4) is 11.4 Å². The lowest BCUT2D eigenvalue weighted by molar-refractivity contribution is -0.117. The highest BCUT2D eigenvalue weighted by Crippen LogP contribution is 2.18. The Morgan fingerprint density at radius 1 is 1.38 bits per heavy atom. The monoisotopic (exact) mass is 237 g/mol. The van der Waals surface area contributed by atoms with Gasteiger partial charge in [-0.25, -0.2) is 0 Å². The van der Waals surface area contributed by atoms with Crippen molar-refractivity contribution in [3.05, 3.63) is 35.2 Å². The summed E-state index contributed by atoms with van der Waals surface area (Å²) in [5.74, 6) is 0.108. The Kier molecular flexibility index (Phi) is 2.87. The normalized spacial score (nSPS) is 10.3. The van der Waals surface area contributed by atoms with Gasteiger partial charge in [-0.05, 0) is 24.3 Å². The van der Waals surface area contributed by atoms with Gasteiger partial charge in [-0.3, -0.25) is 4.79 Å². The van der Waals surface area contributed by atoms with Gasteiger partial charge in [0.1, 0.15) is 6.42 Å². The molecule has 0 bridgehead atoms. The van der Waals surface area contributed by atoms with Crippen LogP contribution in [0.4, 0.5) is 0 Å². The molecule has 0 saturated carbocycles. The number of hydrogen-bond acceptors (Lipinski definition) is 4. The van der Waals surface area contributed by atoms with E-state index in [2.05, 4.69) is 10.1 Å². The fourth-order valence-electron chi connectivity index (χ4n) is 1.19. The van der Waals surface area contributed by atoms with Crippen LogP contribution in [0.1, 0.15) is 5.89 Å². The number of primary amides is 1. The molecule has 0 aliphatic carbocycles. The van der Waals surface area contributed by atoms with Crippen LogP contribution in [-0.4, -0.2) is 16.0 Å². The molecular formula is C10H8ClN3O2. The van der Waals surface area contributed by atoms with E-state index in [0.29, 0.717) is 10.8 Å². The third-order valence-corrected chi connectivity index (χ3v) is 2.15. The summed E-state index contributed by atoms with van der Waals surface area (Å²) in [4.78, 5) is 14.7. The van der Waals surface area contributed by atoms with Crippen LogP contribution in [0.25, 0.3) is 11.4 Å². The molecular weight excluding hydrogens is 230 g/mol. The van der Waals surface area contributed by atoms with Crippen LogP contribution in [0.3, 0.4) is 0 Å². The number of nitrogens with zero attached hydrogens (tertiary/aromatic N) is 2. The van der Waals surface area contributed by atoms with E-state index in [1.165, 1.54) is 0 Å². The number of carbonyl (C=O) groups is 1. The smallest absolute Gasteiger partial charge is 0.236 e. The molecule has 1 heterocycles. The van der Waals surface area contributed by atoms with Crippen molar-refractivity contribution in [2.24, 2.45) is 5.73 Å². The van der Waals surface area contributed by atoms with Crippen LogP contribution < -0.4 is 5.73 Å². The fraction of sp³-hybridized carbons (Fsp3) is 0.100. The number of hydrogen-bond donors (Lipinski definition) is 1. The summed E-state index contributed by atoms with van der Waals surface area (Å²) in [5.41, 5.74) is 5.78. The number of rotatable bonds is 3. The van der Waals surface area contributed by atoms with Crippen LogP contribution in [-0.2, 0) is 11.2 Å². The molecule has 5 nitrogen and oxygen atoms in total. The summed E-state index contributed by atoms with van der Waals surface area (Å²) in [6.45, 7) is 0. The second kappa shape index (κ2) is 4.32. The predicted octanol–water partition coefficient (Wildman–Crippen LogP) is 1.42. The molecule has 0 radical (unpaired) electrons.